The smallest absolute Gasteiger partial charge is 0.222 e. The number of carbonyl (C=O) groups excluding carboxylic acids is 1. The van der Waals surface area contributed by atoms with Gasteiger partial charge in [0.1, 0.15) is 0 Å². The molecule has 2 aromatic rings. The molecule has 0 aliphatic rings. The summed E-state index contributed by atoms with van der Waals surface area (Å²) in [5, 5.41) is 10.7. The number of aliphatic imine (C=N–C) groups is 1. The summed E-state index contributed by atoms with van der Waals surface area (Å²) in [5.74, 6) is 0.887. The molecule has 1 aromatic carbocycles. The highest BCUT2D eigenvalue weighted by molar-refractivity contribution is 5.80. The van der Waals surface area contributed by atoms with Gasteiger partial charge >= 0.3 is 0 Å². The Labute approximate surface area is 156 Å². The lowest BCUT2D eigenvalue weighted by molar-refractivity contribution is -0.123. The molecule has 26 heavy (non-hydrogen) atoms. The molecular weight excluding hydrogens is 326 g/mol. The lowest BCUT2D eigenvalue weighted by Crippen LogP contribution is -2.42. The van der Waals surface area contributed by atoms with Crippen LogP contribution >= 0.6 is 0 Å². The van der Waals surface area contributed by atoms with Crippen LogP contribution in [0.15, 0.2) is 41.5 Å². The highest BCUT2D eigenvalue weighted by atomic mass is 16.1. The van der Waals surface area contributed by atoms with Gasteiger partial charge in [0, 0.05) is 50.4 Å². The van der Waals surface area contributed by atoms with E-state index in [9.17, 15) is 4.79 Å². The standard InChI is InChI=1S/C20H31N5O/c1-4-21-20(24-13-12-22-19(26)16(2)3)23-11-7-14-25-15-10-17-8-5-6-9-18(17)25/h5-6,8-10,15-16H,4,7,11-14H2,1-3H3,(H,22,26)(H2,21,23,24). The molecule has 6 heteroatoms. The van der Waals surface area contributed by atoms with Gasteiger partial charge in [0.2, 0.25) is 5.91 Å². The van der Waals surface area contributed by atoms with Gasteiger partial charge in [-0.1, -0.05) is 32.0 Å². The van der Waals surface area contributed by atoms with E-state index in [1.54, 1.807) is 0 Å². The van der Waals surface area contributed by atoms with Gasteiger partial charge in [-0.3, -0.25) is 9.79 Å². The van der Waals surface area contributed by atoms with Crippen molar-refractivity contribution in [2.45, 2.75) is 33.7 Å². The summed E-state index contributed by atoms with van der Waals surface area (Å²) in [4.78, 5) is 16.2. The van der Waals surface area contributed by atoms with Gasteiger partial charge in [-0.2, -0.15) is 0 Å². The number of nitrogens with zero attached hydrogens (tertiary/aromatic N) is 2. The quantitative estimate of drug-likeness (QED) is 0.367. The van der Waals surface area contributed by atoms with Crippen molar-refractivity contribution in [1.82, 2.24) is 20.5 Å². The third-order valence-corrected chi connectivity index (χ3v) is 4.09. The Bertz CT molecular complexity index is 720. The van der Waals surface area contributed by atoms with Crippen LogP contribution < -0.4 is 16.0 Å². The van der Waals surface area contributed by atoms with Crippen LogP contribution in [-0.4, -0.2) is 42.6 Å². The molecule has 142 valence electrons. The summed E-state index contributed by atoms with van der Waals surface area (Å²) in [5.41, 5.74) is 1.27. The van der Waals surface area contributed by atoms with Gasteiger partial charge in [-0.25, -0.2) is 0 Å². The molecule has 0 saturated heterocycles. The second-order valence-corrected chi connectivity index (χ2v) is 6.55. The van der Waals surface area contributed by atoms with Crippen LogP contribution in [0.1, 0.15) is 27.2 Å². The maximum absolute atomic E-state index is 11.5. The van der Waals surface area contributed by atoms with Gasteiger partial charge in [0.25, 0.3) is 0 Å². The van der Waals surface area contributed by atoms with E-state index in [4.69, 9.17) is 0 Å². The van der Waals surface area contributed by atoms with Crippen LogP contribution in [0.4, 0.5) is 0 Å². The highest BCUT2D eigenvalue weighted by Gasteiger charge is 2.05. The van der Waals surface area contributed by atoms with Crippen molar-refractivity contribution in [2.24, 2.45) is 10.9 Å². The molecule has 0 unspecified atom stereocenters. The summed E-state index contributed by atoms with van der Waals surface area (Å²) in [7, 11) is 0. The number of guanidine groups is 1. The molecule has 1 amide bonds. The summed E-state index contributed by atoms with van der Waals surface area (Å²) in [6.07, 6.45) is 3.11. The Balaban J connectivity index is 1.75. The Morgan fingerprint density at radius 3 is 2.65 bits per heavy atom. The zero-order valence-corrected chi connectivity index (χ0v) is 16.1. The van der Waals surface area contributed by atoms with Crippen LogP contribution in [0, 0.1) is 5.92 Å². The first-order chi connectivity index (χ1) is 12.6. The summed E-state index contributed by atoms with van der Waals surface area (Å²) < 4.78 is 2.27. The molecule has 0 atom stereocenters. The number of rotatable bonds is 9. The Morgan fingerprint density at radius 1 is 1.12 bits per heavy atom. The number of para-hydroxylation sites is 1. The van der Waals surface area contributed by atoms with Crippen molar-refractivity contribution < 1.29 is 4.79 Å². The van der Waals surface area contributed by atoms with Crippen molar-refractivity contribution in [2.75, 3.05) is 26.2 Å². The normalized spacial score (nSPS) is 11.8. The lowest BCUT2D eigenvalue weighted by atomic mass is 10.2. The number of benzene rings is 1. The van der Waals surface area contributed by atoms with E-state index in [1.807, 2.05) is 20.8 Å². The second-order valence-electron chi connectivity index (χ2n) is 6.55. The minimum absolute atomic E-state index is 0.0154. The van der Waals surface area contributed by atoms with E-state index >= 15 is 0 Å². The van der Waals surface area contributed by atoms with Gasteiger partial charge < -0.3 is 20.5 Å². The Kier molecular flexibility index (Phi) is 7.99. The lowest BCUT2D eigenvalue weighted by Gasteiger charge is -2.12. The second kappa shape index (κ2) is 10.5. The first kappa shape index (κ1) is 19.8. The van der Waals surface area contributed by atoms with Gasteiger partial charge in [-0.05, 0) is 30.9 Å². The molecule has 0 bridgehead atoms. The fraction of sp³-hybridized carbons (Fsp3) is 0.500. The molecule has 0 aliphatic heterocycles. The minimum atomic E-state index is 0.0154. The van der Waals surface area contributed by atoms with E-state index in [-0.39, 0.29) is 11.8 Å². The highest BCUT2D eigenvalue weighted by Crippen LogP contribution is 2.15. The number of aryl methyl sites for hydroxylation is 1. The van der Waals surface area contributed by atoms with E-state index in [0.717, 1.165) is 32.0 Å². The van der Waals surface area contributed by atoms with Crippen LogP contribution in [-0.2, 0) is 11.3 Å². The van der Waals surface area contributed by atoms with Crippen LogP contribution in [0.3, 0.4) is 0 Å². The molecule has 1 heterocycles. The third kappa shape index (κ3) is 6.10. The van der Waals surface area contributed by atoms with Crippen molar-refractivity contribution in [3.05, 3.63) is 36.5 Å². The fourth-order valence-corrected chi connectivity index (χ4v) is 2.68. The number of aromatic nitrogens is 1. The first-order valence-electron chi connectivity index (χ1n) is 9.45. The Hall–Kier alpha value is -2.50. The largest absolute Gasteiger partial charge is 0.357 e. The summed E-state index contributed by atoms with van der Waals surface area (Å²) in [6, 6.07) is 10.6. The maximum atomic E-state index is 11.5. The monoisotopic (exact) mass is 357 g/mol. The van der Waals surface area contributed by atoms with E-state index in [2.05, 4.69) is 62.0 Å². The third-order valence-electron chi connectivity index (χ3n) is 4.09. The fourth-order valence-electron chi connectivity index (χ4n) is 2.68. The van der Waals surface area contributed by atoms with Crippen LogP contribution in [0.5, 0.6) is 0 Å². The van der Waals surface area contributed by atoms with E-state index < -0.39 is 0 Å². The number of nitrogens with one attached hydrogen (secondary N) is 3. The van der Waals surface area contributed by atoms with Gasteiger partial charge in [-0.15, -0.1) is 0 Å². The number of hydrogen-bond donors (Lipinski definition) is 3. The molecule has 0 fully saturated rings. The predicted molar refractivity (Wildman–Crippen MR) is 108 cm³/mol. The van der Waals surface area contributed by atoms with Gasteiger partial charge in [0.05, 0.1) is 0 Å². The number of carbonyl (C=O) groups is 1. The molecule has 1 aromatic heterocycles. The minimum Gasteiger partial charge on any atom is -0.357 e. The van der Waals surface area contributed by atoms with Crippen molar-refractivity contribution in [1.29, 1.82) is 0 Å². The topological polar surface area (TPSA) is 70.5 Å². The van der Waals surface area contributed by atoms with Crippen molar-refractivity contribution >= 4 is 22.8 Å². The van der Waals surface area contributed by atoms with Crippen molar-refractivity contribution in [3.8, 4) is 0 Å². The summed E-state index contributed by atoms with van der Waals surface area (Å²) in [6.45, 7) is 9.59. The van der Waals surface area contributed by atoms with Crippen LogP contribution in [0.25, 0.3) is 10.9 Å². The summed E-state index contributed by atoms with van der Waals surface area (Å²) >= 11 is 0. The predicted octanol–water partition coefficient (Wildman–Crippen LogP) is 2.36. The zero-order valence-electron chi connectivity index (χ0n) is 16.1. The maximum Gasteiger partial charge on any atom is 0.222 e. The number of fused-ring (bicyclic) bond motifs is 1. The average molecular weight is 358 g/mol. The zero-order chi connectivity index (χ0) is 18.8. The molecule has 2 rings (SSSR count). The molecular formula is C20H31N5O. The molecule has 0 radical (unpaired) electrons. The molecule has 0 aliphatic carbocycles. The SMILES string of the molecule is CCNC(=NCCCn1ccc2ccccc21)NCCNC(=O)C(C)C. The first-order valence-corrected chi connectivity index (χ1v) is 9.45. The van der Waals surface area contributed by atoms with E-state index in [1.165, 1.54) is 10.9 Å². The molecule has 6 nitrogen and oxygen atoms in total. The molecule has 0 saturated carbocycles. The Morgan fingerprint density at radius 2 is 1.88 bits per heavy atom. The van der Waals surface area contributed by atoms with E-state index in [0.29, 0.717) is 13.1 Å². The number of hydrogen-bond acceptors (Lipinski definition) is 2. The van der Waals surface area contributed by atoms with Crippen LogP contribution in [0.2, 0.25) is 0 Å². The van der Waals surface area contributed by atoms with Crippen molar-refractivity contribution in [3.63, 3.8) is 0 Å². The molecule has 3 N–H and O–H groups in total. The van der Waals surface area contributed by atoms with Gasteiger partial charge in [0.15, 0.2) is 5.96 Å². The average Bonchev–Trinajstić information content (AvgIpc) is 3.05. The molecule has 0 spiro atoms. The number of amides is 1.